The highest BCUT2D eigenvalue weighted by atomic mass is 35.5. The van der Waals surface area contributed by atoms with Crippen LogP contribution in [0.1, 0.15) is 11.1 Å². The number of benzene rings is 3. The predicted molar refractivity (Wildman–Crippen MR) is 136 cm³/mol. The van der Waals surface area contributed by atoms with Gasteiger partial charge in [0, 0.05) is 31.8 Å². The molecule has 0 saturated carbocycles. The molecule has 0 unspecified atom stereocenters. The third-order valence-electron chi connectivity index (χ3n) is 5.49. The van der Waals surface area contributed by atoms with E-state index < -0.39 is 14.9 Å². The largest absolute Gasteiger partial charge is 0.379 e. The molecule has 188 valence electrons. The molecular weight excluding hydrogens is 506 g/mol. The monoisotopic (exact) mass is 529 g/mol. The van der Waals surface area contributed by atoms with Gasteiger partial charge in [-0.25, -0.2) is 8.42 Å². The zero-order valence-corrected chi connectivity index (χ0v) is 20.8. The minimum absolute atomic E-state index is 0.0235. The summed E-state index contributed by atoms with van der Waals surface area (Å²) in [5, 5.41) is 19.7. The van der Waals surface area contributed by atoms with Gasteiger partial charge in [-0.05, 0) is 29.3 Å². The number of rotatable bonds is 9. The fraction of sp³-hybridized carbons (Fsp3) is 0.250. The summed E-state index contributed by atoms with van der Waals surface area (Å²) in [6.45, 7) is 4.21. The lowest BCUT2D eigenvalue weighted by Gasteiger charge is -2.26. The molecule has 0 amide bonds. The Morgan fingerprint density at radius 1 is 1.03 bits per heavy atom. The van der Waals surface area contributed by atoms with Gasteiger partial charge in [-0.15, -0.1) is 0 Å². The summed E-state index contributed by atoms with van der Waals surface area (Å²) in [7, 11) is -4.25. The van der Waals surface area contributed by atoms with Crippen molar-refractivity contribution in [2.45, 2.75) is 18.0 Å². The van der Waals surface area contributed by atoms with Crippen LogP contribution < -0.4 is 4.72 Å². The van der Waals surface area contributed by atoms with Gasteiger partial charge in [0.1, 0.15) is 10.6 Å². The molecule has 1 N–H and O–H groups in total. The average Bonchev–Trinajstić information content (AvgIpc) is 2.86. The summed E-state index contributed by atoms with van der Waals surface area (Å²) in [6, 6.07) is 17.6. The van der Waals surface area contributed by atoms with Gasteiger partial charge in [0.2, 0.25) is 0 Å². The molecule has 1 aliphatic heterocycles. The Morgan fingerprint density at radius 2 is 1.78 bits per heavy atom. The second-order valence-corrected chi connectivity index (χ2v) is 10.2. The number of non-ortho nitro benzene ring substituents is 1. The number of halogens is 1. The fourth-order valence-electron chi connectivity index (χ4n) is 3.69. The maximum atomic E-state index is 13.1. The van der Waals surface area contributed by atoms with Crippen molar-refractivity contribution < 1.29 is 18.1 Å². The number of morpholine rings is 1. The number of ether oxygens (including phenoxy) is 1. The van der Waals surface area contributed by atoms with Gasteiger partial charge >= 0.3 is 0 Å². The Labute approximate surface area is 213 Å². The van der Waals surface area contributed by atoms with Crippen molar-refractivity contribution in [2.75, 3.05) is 31.0 Å². The Hall–Kier alpha value is -3.38. The molecule has 10 nitrogen and oxygen atoms in total. The standard InChI is InChI=1S/C24H24ClN5O5S/c25-21-6-1-2-7-22(21)28-36(33,34)24-15-20(30(31)32)8-9-23(24)27-26-16-18-4-3-5-19(14-18)17-29-10-12-35-13-11-29/h1-9,14-15,28H,10-13,16-17H2. The van der Waals surface area contributed by atoms with Crippen LogP contribution in [-0.2, 0) is 27.8 Å². The van der Waals surface area contributed by atoms with Crippen LogP contribution >= 0.6 is 11.6 Å². The van der Waals surface area contributed by atoms with Gasteiger partial charge in [-0.2, -0.15) is 10.2 Å². The number of nitrogens with zero attached hydrogens (tertiary/aromatic N) is 4. The zero-order chi connectivity index (χ0) is 25.5. The molecule has 36 heavy (non-hydrogen) atoms. The van der Waals surface area contributed by atoms with Crippen molar-refractivity contribution >= 4 is 38.7 Å². The van der Waals surface area contributed by atoms with Crippen molar-refractivity contribution in [2.24, 2.45) is 10.2 Å². The summed E-state index contributed by atoms with van der Waals surface area (Å²) < 4.78 is 34.0. The smallest absolute Gasteiger partial charge is 0.270 e. The molecule has 3 aromatic carbocycles. The van der Waals surface area contributed by atoms with Gasteiger partial charge in [0.15, 0.2) is 0 Å². The Kier molecular flexibility index (Phi) is 8.26. The summed E-state index contributed by atoms with van der Waals surface area (Å²) in [6.07, 6.45) is 0. The number of nitro benzene ring substituents is 1. The lowest BCUT2D eigenvalue weighted by Crippen LogP contribution is -2.35. The highest BCUT2D eigenvalue weighted by Crippen LogP contribution is 2.32. The van der Waals surface area contributed by atoms with E-state index in [4.69, 9.17) is 16.3 Å². The van der Waals surface area contributed by atoms with E-state index in [0.717, 1.165) is 50.0 Å². The fourth-order valence-corrected chi connectivity index (χ4v) is 5.17. The van der Waals surface area contributed by atoms with Gasteiger partial charge < -0.3 is 4.74 Å². The predicted octanol–water partition coefficient (Wildman–Crippen LogP) is 5.17. The van der Waals surface area contributed by atoms with E-state index in [1.165, 1.54) is 24.3 Å². The van der Waals surface area contributed by atoms with Crippen molar-refractivity contribution in [3.63, 3.8) is 0 Å². The van der Waals surface area contributed by atoms with Crippen molar-refractivity contribution in [1.29, 1.82) is 0 Å². The van der Waals surface area contributed by atoms with E-state index in [0.29, 0.717) is 0 Å². The minimum Gasteiger partial charge on any atom is -0.379 e. The Bertz CT molecular complexity index is 1380. The first kappa shape index (κ1) is 25.7. The third-order valence-corrected chi connectivity index (χ3v) is 7.22. The zero-order valence-electron chi connectivity index (χ0n) is 19.2. The van der Waals surface area contributed by atoms with Crippen LogP contribution in [-0.4, -0.2) is 44.5 Å². The molecule has 0 bridgehead atoms. The van der Waals surface area contributed by atoms with Crippen LogP contribution in [0, 0.1) is 10.1 Å². The number of azo groups is 1. The van der Waals surface area contributed by atoms with Gasteiger partial charge in [0.05, 0.1) is 35.4 Å². The number of nitro groups is 1. The van der Waals surface area contributed by atoms with Crippen LogP contribution in [0.4, 0.5) is 17.1 Å². The van der Waals surface area contributed by atoms with E-state index in [-0.39, 0.29) is 33.5 Å². The SMILES string of the molecule is O=[N+]([O-])c1ccc(N=NCc2cccc(CN3CCOCC3)c2)c(S(=O)(=O)Nc2ccccc2Cl)c1. The van der Waals surface area contributed by atoms with E-state index in [1.807, 2.05) is 24.3 Å². The molecule has 0 spiro atoms. The molecule has 12 heteroatoms. The number of nitrogens with one attached hydrogen (secondary N) is 1. The first-order chi connectivity index (χ1) is 17.3. The molecule has 0 atom stereocenters. The van der Waals surface area contributed by atoms with E-state index in [1.54, 1.807) is 12.1 Å². The van der Waals surface area contributed by atoms with Crippen LogP contribution in [0.2, 0.25) is 5.02 Å². The molecule has 1 fully saturated rings. The quantitative estimate of drug-likeness (QED) is 0.231. The molecule has 1 saturated heterocycles. The minimum atomic E-state index is -4.25. The molecule has 0 radical (unpaired) electrons. The van der Waals surface area contributed by atoms with Crippen molar-refractivity contribution in [3.8, 4) is 0 Å². The maximum absolute atomic E-state index is 13.1. The van der Waals surface area contributed by atoms with E-state index >= 15 is 0 Å². The van der Waals surface area contributed by atoms with Gasteiger partial charge in [-0.3, -0.25) is 19.7 Å². The van der Waals surface area contributed by atoms with Crippen LogP contribution in [0.3, 0.4) is 0 Å². The Balaban J connectivity index is 1.55. The highest BCUT2D eigenvalue weighted by Gasteiger charge is 2.23. The second kappa shape index (κ2) is 11.6. The van der Waals surface area contributed by atoms with Crippen molar-refractivity contribution in [1.82, 2.24) is 4.90 Å². The summed E-state index contributed by atoms with van der Waals surface area (Å²) >= 11 is 6.08. The van der Waals surface area contributed by atoms with Crippen LogP contribution in [0.5, 0.6) is 0 Å². The number of hydrogen-bond acceptors (Lipinski definition) is 8. The van der Waals surface area contributed by atoms with Crippen molar-refractivity contribution in [3.05, 3.63) is 93.0 Å². The van der Waals surface area contributed by atoms with Crippen LogP contribution in [0.15, 0.2) is 81.9 Å². The molecule has 4 rings (SSSR count). The first-order valence-corrected chi connectivity index (χ1v) is 13.0. The summed E-state index contributed by atoms with van der Waals surface area (Å²) in [5.74, 6) is 0. The second-order valence-electron chi connectivity index (χ2n) is 8.10. The van der Waals surface area contributed by atoms with E-state index in [9.17, 15) is 18.5 Å². The Morgan fingerprint density at radius 3 is 2.53 bits per heavy atom. The third kappa shape index (κ3) is 6.64. The number of hydrogen-bond donors (Lipinski definition) is 1. The number of anilines is 1. The first-order valence-electron chi connectivity index (χ1n) is 11.1. The van der Waals surface area contributed by atoms with Gasteiger partial charge in [0.25, 0.3) is 15.7 Å². The molecule has 3 aromatic rings. The number of sulfonamides is 1. The molecule has 0 aliphatic carbocycles. The summed E-state index contributed by atoms with van der Waals surface area (Å²) in [4.78, 5) is 12.5. The molecule has 0 aromatic heterocycles. The lowest BCUT2D eigenvalue weighted by atomic mass is 10.1. The van der Waals surface area contributed by atoms with Gasteiger partial charge in [-0.1, -0.05) is 48.0 Å². The lowest BCUT2D eigenvalue weighted by molar-refractivity contribution is -0.385. The molecular formula is C24H24ClN5O5S. The molecule has 1 heterocycles. The molecule has 1 aliphatic rings. The van der Waals surface area contributed by atoms with Crippen LogP contribution in [0.25, 0.3) is 0 Å². The van der Waals surface area contributed by atoms with E-state index in [2.05, 4.69) is 19.9 Å². The highest BCUT2D eigenvalue weighted by molar-refractivity contribution is 7.92. The topological polar surface area (TPSA) is 126 Å². The summed E-state index contributed by atoms with van der Waals surface area (Å²) in [5.41, 5.74) is 1.77. The number of para-hydroxylation sites is 1. The average molecular weight is 530 g/mol. The normalized spacial score (nSPS) is 14.7. The maximum Gasteiger partial charge on any atom is 0.270 e.